The van der Waals surface area contributed by atoms with Crippen LogP contribution in [0.1, 0.15) is 16.1 Å². The molecule has 0 spiro atoms. The minimum absolute atomic E-state index is 0.356. The number of hydrogen-bond donors (Lipinski definition) is 2. The lowest BCUT2D eigenvalue weighted by Crippen LogP contribution is -2.36. The molecule has 106 valence electrons. The molecule has 2 rings (SSSR count). The predicted octanol–water partition coefficient (Wildman–Crippen LogP) is 1.90. The number of aromatic nitrogens is 1. The topological polar surface area (TPSA) is 62.2 Å². The van der Waals surface area contributed by atoms with Crippen LogP contribution in [0.3, 0.4) is 0 Å². The number of nitrogens with one attached hydrogen (secondary N) is 1. The van der Waals surface area contributed by atoms with Gasteiger partial charge in [-0.25, -0.2) is 8.78 Å². The van der Waals surface area contributed by atoms with Gasteiger partial charge in [0.05, 0.1) is 11.1 Å². The molecule has 0 saturated carbocycles. The Balaban J connectivity index is 2.26. The highest BCUT2D eigenvalue weighted by Gasteiger charge is 2.19. The number of hydrogen-bond acceptors (Lipinski definition) is 3. The van der Waals surface area contributed by atoms with Gasteiger partial charge in [-0.3, -0.25) is 9.78 Å². The Labute approximate surface area is 114 Å². The average molecular weight is 280 g/mol. The number of rotatable bonds is 4. The summed E-state index contributed by atoms with van der Waals surface area (Å²) in [6.45, 7) is 1.25. The van der Waals surface area contributed by atoms with Crippen LogP contribution >= 0.6 is 0 Å². The molecule has 0 aliphatic heterocycles. The van der Waals surface area contributed by atoms with Crippen molar-refractivity contribution in [2.24, 2.45) is 0 Å². The van der Waals surface area contributed by atoms with Crippen LogP contribution in [0.25, 0.3) is 10.9 Å². The third-order valence-electron chi connectivity index (χ3n) is 2.85. The van der Waals surface area contributed by atoms with Gasteiger partial charge in [0.1, 0.15) is 6.10 Å². The highest BCUT2D eigenvalue weighted by atomic mass is 19.3. The van der Waals surface area contributed by atoms with E-state index in [-0.39, 0.29) is 0 Å². The van der Waals surface area contributed by atoms with E-state index in [0.717, 1.165) is 0 Å². The number of benzene rings is 1. The quantitative estimate of drug-likeness (QED) is 0.899. The molecular weight excluding hydrogens is 266 g/mol. The number of aliphatic hydroxyl groups excluding tert-OH is 1. The van der Waals surface area contributed by atoms with Crippen LogP contribution in [0.4, 0.5) is 8.78 Å². The van der Waals surface area contributed by atoms with E-state index in [1.807, 2.05) is 0 Å². The molecule has 1 aromatic carbocycles. The van der Waals surface area contributed by atoms with Gasteiger partial charge in [-0.05, 0) is 19.1 Å². The molecule has 0 aliphatic carbocycles. The van der Waals surface area contributed by atoms with Crippen LogP contribution in [0.5, 0.6) is 0 Å². The van der Waals surface area contributed by atoms with Gasteiger partial charge in [0.25, 0.3) is 12.3 Å². The van der Waals surface area contributed by atoms with Crippen LogP contribution in [0.15, 0.2) is 30.3 Å². The molecule has 0 fully saturated rings. The Hall–Kier alpha value is -2.08. The number of carbonyl (C=O) groups excluding carboxylic acids is 1. The van der Waals surface area contributed by atoms with E-state index in [0.29, 0.717) is 22.2 Å². The zero-order chi connectivity index (χ0) is 14.7. The molecule has 0 aliphatic rings. The highest BCUT2D eigenvalue weighted by molar-refractivity contribution is 6.06. The number of para-hydroxylation sites is 1. The first-order chi connectivity index (χ1) is 9.49. The lowest BCUT2D eigenvalue weighted by atomic mass is 10.1. The molecule has 0 saturated heterocycles. The Kier molecular flexibility index (Phi) is 4.24. The number of halogens is 2. The maximum atomic E-state index is 12.2. The maximum Gasteiger partial charge on any atom is 0.265 e. The lowest BCUT2D eigenvalue weighted by molar-refractivity contribution is -0.00269. The van der Waals surface area contributed by atoms with Crippen LogP contribution in [-0.2, 0) is 0 Å². The van der Waals surface area contributed by atoms with Crippen LogP contribution in [-0.4, -0.2) is 35.1 Å². The number of amides is 1. The van der Waals surface area contributed by atoms with Crippen molar-refractivity contribution in [2.45, 2.75) is 19.5 Å². The largest absolute Gasteiger partial charge is 0.385 e. The summed E-state index contributed by atoms with van der Waals surface area (Å²) in [6, 6.07) is 8.67. The Bertz CT molecular complexity index is 632. The fourth-order valence-electron chi connectivity index (χ4n) is 1.88. The SMILES string of the molecule is Cc1cc(C(=O)NCC(O)C(F)F)c2ccccc2n1. The molecule has 1 atom stereocenters. The minimum atomic E-state index is -2.88. The van der Waals surface area contributed by atoms with Gasteiger partial charge < -0.3 is 10.4 Å². The molecule has 1 unspecified atom stereocenters. The van der Waals surface area contributed by atoms with Crippen LogP contribution < -0.4 is 5.32 Å². The number of aliphatic hydroxyl groups is 1. The van der Waals surface area contributed by atoms with Gasteiger partial charge in [0, 0.05) is 17.6 Å². The van der Waals surface area contributed by atoms with Crippen molar-refractivity contribution in [3.8, 4) is 0 Å². The second-order valence-corrected chi connectivity index (χ2v) is 4.44. The van der Waals surface area contributed by atoms with E-state index in [9.17, 15) is 13.6 Å². The van der Waals surface area contributed by atoms with Gasteiger partial charge in [-0.1, -0.05) is 18.2 Å². The first-order valence-corrected chi connectivity index (χ1v) is 6.10. The van der Waals surface area contributed by atoms with E-state index >= 15 is 0 Å². The van der Waals surface area contributed by atoms with Crippen molar-refractivity contribution in [3.05, 3.63) is 41.6 Å². The van der Waals surface area contributed by atoms with Gasteiger partial charge >= 0.3 is 0 Å². The second kappa shape index (κ2) is 5.92. The number of fused-ring (bicyclic) bond motifs is 1. The summed E-state index contributed by atoms with van der Waals surface area (Å²) in [6.07, 6.45) is -4.75. The molecule has 0 bridgehead atoms. The molecule has 6 heteroatoms. The van der Waals surface area contributed by atoms with E-state index in [1.54, 1.807) is 37.3 Å². The number of carbonyl (C=O) groups is 1. The van der Waals surface area contributed by atoms with Crippen molar-refractivity contribution in [1.82, 2.24) is 10.3 Å². The summed E-state index contributed by atoms with van der Waals surface area (Å²) in [5.74, 6) is -0.508. The van der Waals surface area contributed by atoms with Gasteiger partial charge in [-0.15, -0.1) is 0 Å². The minimum Gasteiger partial charge on any atom is -0.385 e. The number of pyridine rings is 1. The standard InChI is InChI=1S/C14H14F2N2O2/c1-8-6-10(9-4-2-3-5-11(9)18-8)14(20)17-7-12(19)13(15)16/h2-6,12-13,19H,7H2,1H3,(H,17,20). The van der Waals surface area contributed by atoms with Crippen LogP contribution in [0.2, 0.25) is 0 Å². The third kappa shape index (κ3) is 3.08. The summed E-state index contributed by atoms with van der Waals surface area (Å²) >= 11 is 0. The molecule has 4 nitrogen and oxygen atoms in total. The molecule has 1 aromatic heterocycles. The summed E-state index contributed by atoms with van der Waals surface area (Å²) in [7, 11) is 0. The smallest absolute Gasteiger partial charge is 0.265 e. The average Bonchev–Trinajstić information content (AvgIpc) is 2.43. The monoisotopic (exact) mass is 280 g/mol. The third-order valence-corrected chi connectivity index (χ3v) is 2.85. The van der Waals surface area contributed by atoms with E-state index < -0.39 is 25.0 Å². The first kappa shape index (κ1) is 14.3. The molecule has 20 heavy (non-hydrogen) atoms. The van der Waals surface area contributed by atoms with E-state index in [2.05, 4.69) is 10.3 Å². The Morgan fingerprint density at radius 3 is 2.80 bits per heavy atom. The molecular formula is C14H14F2N2O2. The number of alkyl halides is 2. The van der Waals surface area contributed by atoms with Gasteiger partial charge in [-0.2, -0.15) is 0 Å². The summed E-state index contributed by atoms with van der Waals surface area (Å²) in [4.78, 5) is 16.3. The highest BCUT2D eigenvalue weighted by Crippen LogP contribution is 2.18. The summed E-state index contributed by atoms with van der Waals surface area (Å²) < 4.78 is 24.4. The molecule has 2 N–H and O–H groups in total. The second-order valence-electron chi connectivity index (χ2n) is 4.44. The normalized spacial score (nSPS) is 12.7. The first-order valence-electron chi connectivity index (χ1n) is 6.10. The predicted molar refractivity (Wildman–Crippen MR) is 70.8 cm³/mol. The fourth-order valence-corrected chi connectivity index (χ4v) is 1.88. The summed E-state index contributed by atoms with van der Waals surface area (Å²) in [5, 5.41) is 12.0. The van der Waals surface area contributed by atoms with E-state index in [1.165, 1.54) is 0 Å². The Morgan fingerprint density at radius 1 is 1.40 bits per heavy atom. The van der Waals surface area contributed by atoms with Crippen molar-refractivity contribution in [1.29, 1.82) is 0 Å². The maximum absolute atomic E-state index is 12.2. The van der Waals surface area contributed by atoms with Crippen molar-refractivity contribution >= 4 is 16.8 Å². The van der Waals surface area contributed by atoms with Gasteiger partial charge in [0.15, 0.2) is 0 Å². The van der Waals surface area contributed by atoms with Crippen molar-refractivity contribution in [2.75, 3.05) is 6.54 Å². The molecule has 1 amide bonds. The summed E-state index contributed by atoms with van der Waals surface area (Å²) in [5.41, 5.74) is 1.67. The number of aryl methyl sites for hydroxylation is 1. The van der Waals surface area contributed by atoms with Crippen LogP contribution in [0, 0.1) is 6.92 Å². The van der Waals surface area contributed by atoms with Crippen molar-refractivity contribution < 1.29 is 18.7 Å². The van der Waals surface area contributed by atoms with Crippen molar-refractivity contribution in [3.63, 3.8) is 0 Å². The fraction of sp³-hybridized carbons (Fsp3) is 0.286. The van der Waals surface area contributed by atoms with Gasteiger partial charge in [0.2, 0.25) is 0 Å². The molecule has 1 heterocycles. The lowest BCUT2D eigenvalue weighted by Gasteiger charge is -2.12. The van der Waals surface area contributed by atoms with E-state index in [4.69, 9.17) is 5.11 Å². The zero-order valence-corrected chi connectivity index (χ0v) is 10.8. The molecule has 2 aromatic rings. The Morgan fingerprint density at radius 2 is 2.10 bits per heavy atom. The number of nitrogens with zero attached hydrogens (tertiary/aromatic N) is 1. The zero-order valence-electron chi connectivity index (χ0n) is 10.8. The molecule has 0 radical (unpaired) electrons.